The predicted molar refractivity (Wildman–Crippen MR) is 82.0 cm³/mol. The Kier molecular flexibility index (Phi) is 5.02. The number of carboxylic acid groups (broad SMARTS) is 1. The van der Waals surface area contributed by atoms with Crippen molar-refractivity contribution in [2.24, 2.45) is 5.92 Å². The van der Waals surface area contributed by atoms with E-state index in [1.54, 1.807) is 24.3 Å². The van der Waals surface area contributed by atoms with Gasteiger partial charge < -0.3 is 10.0 Å². The van der Waals surface area contributed by atoms with Crippen molar-refractivity contribution in [2.75, 3.05) is 6.54 Å². The van der Waals surface area contributed by atoms with Crippen LogP contribution in [0.1, 0.15) is 25.3 Å². The molecule has 1 N–H and O–H groups in total. The van der Waals surface area contributed by atoms with Crippen LogP contribution in [0.4, 0.5) is 0 Å². The van der Waals surface area contributed by atoms with Gasteiger partial charge in [-0.05, 0) is 42.5 Å². The Morgan fingerprint density at radius 1 is 1.43 bits per heavy atom. The molecule has 1 heterocycles. The summed E-state index contributed by atoms with van der Waals surface area (Å²) in [6.07, 6.45) is 4.41. The van der Waals surface area contributed by atoms with Crippen LogP contribution in [0.15, 0.2) is 30.3 Å². The number of carboxylic acids is 1. The zero-order valence-corrected chi connectivity index (χ0v) is 12.6. The Bertz CT molecular complexity index is 570. The normalized spacial score (nSPS) is 22.5. The molecule has 21 heavy (non-hydrogen) atoms. The van der Waals surface area contributed by atoms with E-state index in [0.717, 1.165) is 12.0 Å². The Hall–Kier alpha value is -1.81. The standard InChI is InChI=1S/C16H18ClNO3/c1-11-7-8-18(14(9-11)16(20)21)15(19)6-5-12-3-2-4-13(17)10-12/h2-6,10-11,14H,7-9H2,1H3,(H,20,21)/b6-5+. The molecule has 1 aliphatic heterocycles. The largest absolute Gasteiger partial charge is 0.480 e. The van der Waals surface area contributed by atoms with Gasteiger partial charge in [-0.1, -0.05) is 30.7 Å². The SMILES string of the molecule is CC1CCN(C(=O)/C=C/c2cccc(Cl)c2)C(C(=O)O)C1. The van der Waals surface area contributed by atoms with Crippen LogP contribution >= 0.6 is 11.6 Å². The van der Waals surface area contributed by atoms with Crippen LogP contribution < -0.4 is 0 Å². The lowest BCUT2D eigenvalue weighted by atomic mass is 9.92. The number of hydrogen-bond acceptors (Lipinski definition) is 2. The summed E-state index contributed by atoms with van der Waals surface area (Å²) in [7, 11) is 0. The number of piperidine rings is 1. The quantitative estimate of drug-likeness (QED) is 0.873. The highest BCUT2D eigenvalue weighted by atomic mass is 35.5. The predicted octanol–water partition coefficient (Wildman–Crippen LogP) is 3.06. The number of hydrogen-bond donors (Lipinski definition) is 1. The third kappa shape index (κ3) is 4.08. The molecule has 1 aliphatic rings. The third-order valence-electron chi connectivity index (χ3n) is 3.70. The molecule has 2 atom stereocenters. The molecule has 0 aliphatic carbocycles. The first-order chi connectivity index (χ1) is 9.97. The minimum atomic E-state index is -0.939. The van der Waals surface area contributed by atoms with Gasteiger partial charge in [-0.2, -0.15) is 0 Å². The van der Waals surface area contributed by atoms with E-state index in [0.29, 0.717) is 23.9 Å². The number of aliphatic carboxylic acids is 1. The number of carbonyl (C=O) groups excluding carboxylic acids is 1. The van der Waals surface area contributed by atoms with E-state index in [1.807, 2.05) is 13.0 Å². The van der Waals surface area contributed by atoms with Gasteiger partial charge in [0.05, 0.1) is 0 Å². The number of benzene rings is 1. The van der Waals surface area contributed by atoms with Crippen LogP contribution in [0.3, 0.4) is 0 Å². The molecule has 1 fully saturated rings. The summed E-state index contributed by atoms with van der Waals surface area (Å²) in [4.78, 5) is 25.0. The van der Waals surface area contributed by atoms with Crippen molar-refractivity contribution < 1.29 is 14.7 Å². The van der Waals surface area contributed by atoms with E-state index in [4.69, 9.17) is 11.6 Å². The highest BCUT2D eigenvalue weighted by molar-refractivity contribution is 6.30. The van der Waals surface area contributed by atoms with Gasteiger partial charge in [-0.3, -0.25) is 4.79 Å². The molecule has 0 saturated carbocycles. The van der Waals surface area contributed by atoms with Crippen LogP contribution in [-0.4, -0.2) is 34.5 Å². The van der Waals surface area contributed by atoms with Crippen molar-refractivity contribution in [1.29, 1.82) is 0 Å². The first-order valence-corrected chi connectivity index (χ1v) is 7.32. The molecule has 2 rings (SSSR count). The second-order valence-electron chi connectivity index (χ2n) is 5.40. The summed E-state index contributed by atoms with van der Waals surface area (Å²) >= 11 is 5.88. The van der Waals surface area contributed by atoms with E-state index < -0.39 is 12.0 Å². The van der Waals surface area contributed by atoms with Gasteiger partial charge in [0.25, 0.3) is 0 Å². The van der Waals surface area contributed by atoms with Gasteiger partial charge in [0.15, 0.2) is 0 Å². The molecule has 1 aromatic carbocycles. The number of amides is 1. The fourth-order valence-electron chi connectivity index (χ4n) is 2.51. The molecule has 112 valence electrons. The lowest BCUT2D eigenvalue weighted by Gasteiger charge is -2.35. The lowest BCUT2D eigenvalue weighted by molar-refractivity contribution is -0.151. The van der Waals surface area contributed by atoms with Crippen molar-refractivity contribution in [3.05, 3.63) is 40.9 Å². The first kappa shape index (κ1) is 15.6. The number of nitrogens with zero attached hydrogens (tertiary/aromatic N) is 1. The van der Waals surface area contributed by atoms with E-state index in [1.165, 1.54) is 11.0 Å². The molecule has 0 spiro atoms. The van der Waals surface area contributed by atoms with Crippen LogP contribution in [0.5, 0.6) is 0 Å². The van der Waals surface area contributed by atoms with E-state index in [2.05, 4.69) is 0 Å². The number of carbonyl (C=O) groups is 2. The zero-order chi connectivity index (χ0) is 15.4. The average Bonchev–Trinajstić information content (AvgIpc) is 2.44. The molecule has 4 nitrogen and oxygen atoms in total. The number of likely N-dealkylation sites (tertiary alicyclic amines) is 1. The maximum atomic E-state index is 12.2. The Morgan fingerprint density at radius 2 is 2.19 bits per heavy atom. The minimum absolute atomic E-state index is 0.269. The van der Waals surface area contributed by atoms with Crippen LogP contribution in [0.2, 0.25) is 5.02 Å². The fraction of sp³-hybridized carbons (Fsp3) is 0.375. The van der Waals surface area contributed by atoms with Gasteiger partial charge in [0.2, 0.25) is 5.91 Å². The Balaban J connectivity index is 2.09. The molecule has 0 bridgehead atoms. The first-order valence-electron chi connectivity index (χ1n) is 6.94. The van der Waals surface area contributed by atoms with E-state index in [-0.39, 0.29) is 5.91 Å². The summed E-state index contributed by atoms with van der Waals surface area (Å²) in [5, 5.41) is 9.86. The minimum Gasteiger partial charge on any atom is -0.480 e. The van der Waals surface area contributed by atoms with E-state index >= 15 is 0 Å². The van der Waals surface area contributed by atoms with E-state index in [9.17, 15) is 14.7 Å². The van der Waals surface area contributed by atoms with Gasteiger partial charge in [0.1, 0.15) is 6.04 Å². The highest BCUT2D eigenvalue weighted by Gasteiger charge is 2.33. The van der Waals surface area contributed by atoms with Gasteiger partial charge >= 0.3 is 5.97 Å². The summed E-state index contributed by atoms with van der Waals surface area (Å²) < 4.78 is 0. The van der Waals surface area contributed by atoms with Gasteiger partial charge in [-0.25, -0.2) is 4.79 Å². The lowest BCUT2D eigenvalue weighted by Crippen LogP contribution is -2.49. The molecule has 0 radical (unpaired) electrons. The molecule has 1 amide bonds. The van der Waals surface area contributed by atoms with Crippen molar-refractivity contribution in [3.8, 4) is 0 Å². The van der Waals surface area contributed by atoms with Crippen molar-refractivity contribution >= 4 is 29.6 Å². The van der Waals surface area contributed by atoms with Crippen LogP contribution in [0.25, 0.3) is 6.08 Å². The topological polar surface area (TPSA) is 57.6 Å². The second kappa shape index (κ2) is 6.76. The number of rotatable bonds is 3. The molecule has 2 unspecified atom stereocenters. The van der Waals surface area contributed by atoms with Gasteiger partial charge in [-0.15, -0.1) is 0 Å². The molecular formula is C16H18ClNO3. The van der Waals surface area contributed by atoms with Crippen LogP contribution in [0, 0.1) is 5.92 Å². The average molecular weight is 308 g/mol. The fourth-order valence-corrected chi connectivity index (χ4v) is 2.71. The monoisotopic (exact) mass is 307 g/mol. The van der Waals surface area contributed by atoms with Crippen molar-refractivity contribution in [1.82, 2.24) is 4.90 Å². The van der Waals surface area contributed by atoms with Gasteiger partial charge in [0, 0.05) is 17.6 Å². The third-order valence-corrected chi connectivity index (χ3v) is 3.93. The summed E-state index contributed by atoms with van der Waals surface area (Å²) in [6.45, 7) is 2.50. The maximum Gasteiger partial charge on any atom is 0.326 e. The second-order valence-corrected chi connectivity index (χ2v) is 5.84. The van der Waals surface area contributed by atoms with Crippen LogP contribution in [-0.2, 0) is 9.59 Å². The molecule has 0 aromatic heterocycles. The highest BCUT2D eigenvalue weighted by Crippen LogP contribution is 2.23. The summed E-state index contributed by atoms with van der Waals surface area (Å²) in [5.74, 6) is -0.882. The summed E-state index contributed by atoms with van der Waals surface area (Å²) in [5.41, 5.74) is 0.813. The molecular weight excluding hydrogens is 290 g/mol. The molecule has 1 aromatic rings. The van der Waals surface area contributed by atoms with Crippen molar-refractivity contribution in [2.45, 2.75) is 25.8 Å². The zero-order valence-electron chi connectivity index (χ0n) is 11.8. The molecule has 5 heteroatoms. The molecule has 1 saturated heterocycles. The summed E-state index contributed by atoms with van der Waals surface area (Å²) in [6, 6.07) is 6.41. The smallest absolute Gasteiger partial charge is 0.326 e. The Labute approximate surface area is 129 Å². The van der Waals surface area contributed by atoms with Crippen molar-refractivity contribution in [3.63, 3.8) is 0 Å². The Morgan fingerprint density at radius 3 is 2.86 bits per heavy atom. The maximum absolute atomic E-state index is 12.2. The number of halogens is 1.